The van der Waals surface area contributed by atoms with Crippen molar-refractivity contribution in [3.05, 3.63) is 23.4 Å². The standard InChI is InChI=1S/C10H14N4O/c1-5-2-3-13-10(8(5)9(12)15)14-7-4-6(7)11/h2-3,6-7H,4,11H2,1H3,(H2,12,15)(H,13,14). The van der Waals surface area contributed by atoms with Crippen LogP contribution in [0.15, 0.2) is 12.3 Å². The number of hydrogen-bond donors (Lipinski definition) is 3. The molecule has 1 amide bonds. The van der Waals surface area contributed by atoms with Gasteiger partial charge in [0, 0.05) is 18.3 Å². The van der Waals surface area contributed by atoms with E-state index in [0.29, 0.717) is 11.4 Å². The van der Waals surface area contributed by atoms with Gasteiger partial charge in [-0.2, -0.15) is 0 Å². The van der Waals surface area contributed by atoms with Gasteiger partial charge in [-0.3, -0.25) is 4.79 Å². The number of aromatic nitrogens is 1. The summed E-state index contributed by atoms with van der Waals surface area (Å²) in [6.07, 6.45) is 2.56. The molecule has 2 atom stereocenters. The lowest BCUT2D eigenvalue weighted by molar-refractivity contribution is 0.1000. The van der Waals surface area contributed by atoms with Crippen LogP contribution in [0.5, 0.6) is 0 Å². The molecular formula is C10H14N4O. The zero-order valence-electron chi connectivity index (χ0n) is 8.53. The summed E-state index contributed by atoms with van der Waals surface area (Å²) in [6, 6.07) is 2.14. The van der Waals surface area contributed by atoms with Crippen molar-refractivity contribution in [1.82, 2.24) is 4.98 Å². The molecule has 0 aromatic carbocycles. The number of anilines is 1. The van der Waals surface area contributed by atoms with Gasteiger partial charge in [0.05, 0.1) is 5.56 Å². The first-order valence-electron chi connectivity index (χ1n) is 4.87. The number of hydrogen-bond acceptors (Lipinski definition) is 4. The van der Waals surface area contributed by atoms with Gasteiger partial charge in [-0.05, 0) is 25.0 Å². The number of carbonyl (C=O) groups excluding carboxylic acids is 1. The van der Waals surface area contributed by atoms with Crippen LogP contribution in [-0.2, 0) is 0 Å². The molecule has 1 aliphatic rings. The molecule has 1 aliphatic carbocycles. The second-order valence-corrected chi connectivity index (χ2v) is 3.87. The van der Waals surface area contributed by atoms with E-state index in [4.69, 9.17) is 11.5 Å². The minimum absolute atomic E-state index is 0.160. The molecule has 1 fully saturated rings. The van der Waals surface area contributed by atoms with Crippen molar-refractivity contribution in [3.8, 4) is 0 Å². The van der Waals surface area contributed by atoms with Crippen molar-refractivity contribution in [2.24, 2.45) is 11.5 Å². The lowest BCUT2D eigenvalue weighted by Crippen LogP contribution is -2.20. The Balaban J connectivity index is 2.29. The Morgan fingerprint density at radius 1 is 1.67 bits per heavy atom. The monoisotopic (exact) mass is 206 g/mol. The summed E-state index contributed by atoms with van der Waals surface area (Å²) >= 11 is 0. The topological polar surface area (TPSA) is 94.0 Å². The van der Waals surface area contributed by atoms with Crippen molar-refractivity contribution >= 4 is 11.7 Å². The number of pyridine rings is 1. The van der Waals surface area contributed by atoms with Crippen molar-refractivity contribution in [1.29, 1.82) is 0 Å². The summed E-state index contributed by atoms with van der Waals surface area (Å²) in [5, 5.41) is 3.12. The molecule has 80 valence electrons. The highest BCUT2D eigenvalue weighted by Gasteiger charge is 2.34. The van der Waals surface area contributed by atoms with E-state index in [0.717, 1.165) is 12.0 Å². The normalized spacial score (nSPS) is 23.6. The maximum Gasteiger partial charge on any atom is 0.252 e. The van der Waals surface area contributed by atoms with E-state index < -0.39 is 5.91 Å². The highest BCUT2D eigenvalue weighted by molar-refractivity contribution is 5.99. The third-order valence-electron chi connectivity index (χ3n) is 2.57. The number of carbonyl (C=O) groups is 1. The fourth-order valence-corrected chi connectivity index (χ4v) is 1.53. The lowest BCUT2D eigenvalue weighted by Gasteiger charge is -2.09. The SMILES string of the molecule is Cc1ccnc(NC2CC2N)c1C(N)=O. The minimum Gasteiger partial charge on any atom is -0.365 e. The molecule has 0 bridgehead atoms. The van der Waals surface area contributed by atoms with Crippen LogP contribution < -0.4 is 16.8 Å². The van der Waals surface area contributed by atoms with Gasteiger partial charge in [0.15, 0.2) is 0 Å². The summed E-state index contributed by atoms with van der Waals surface area (Å²) < 4.78 is 0. The molecular weight excluding hydrogens is 192 g/mol. The van der Waals surface area contributed by atoms with E-state index in [1.54, 1.807) is 12.3 Å². The van der Waals surface area contributed by atoms with E-state index in [9.17, 15) is 4.79 Å². The first-order valence-corrected chi connectivity index (χ1v) is 4.87. The van der Waals surface area contributed by atoms with Crippen molar-refractivity contribution in [2.75, 3.05) is 5.32 Å². The molecule has 1 aromatic rings. The van der Waals surface area contributed by atoms with E-state index in [-0.39, 0.29) is 12.1 Å². The number of primary amides is 1. The summed E-state index contributed by atoms with van der Waals surface area (Å²) in [5.74, 6) is 0.0813. The zero-order valence-corrected chi connectivity index (χ0v) is 8.53. The highest BCUT2D eigenvalue weighted by atomic mass is 16.1. The second-order valence-electron chi connectivity index (χ2n) is 3.87. The first-order chi connectivity index (χ1) is 7.09. The van der Waals surface area contributed by atoms with Crippen LogP contribution in [0.3, 0.4) is 0 Å². The van der Waals surface area contributed by atoms with E-state index in [2.05, 4.69) is 10.3 Å². The maximum atomic E-state index is 11.2. The van der Waals surface area contributed by atoms with E-state index >= 15 is 0 Å². The van der Waals surface area contributed by atoms with Crippen molar-refractivity contribution < 1.29 is 4.79 Å². The first kappa shape index (κ1) is 9.92. The fourth-order valence-electron chi connectivity index (χ4n) is 1.53. The van der Waals surface area contributed by atoms with Crippen molar-refractivity contribution in [2.45, 2.75) is 25.4 Å². The van der Waals surface area contributed by atoms with Crippen LogP contribution in [0.4, 0.5) is 5.82 Å². The molecule has 0 spiro atoms. The minimum atomic E-state index is -0.461. The Bertz CT molecular complexity index is 404. The predicted molar refractivity (Wildman–Crippen MR) is 57.5 cm³/mol. The van der Waals surface area contributed by atoms with Gasteiger partial charge in [0.2, 0.25) is 0 Å². The summed E-state index contributed by atoms with van der Waals surface area (Å²) in [4.78, 5) is 15.3. The molecule has 1 aromatic heterocycles. The van der Waals surface area contributed by atoms with Gasteiger partial charge >= 0.3 is 0 Å². The Morgan fingerprint density at radius 3 is 2.87 bits per heavy atom. The third kappa shape index (κ3) is 1.92. The highest BCUT2D eigenvalue weighted by Crippen LogP contribution is 2.25. The summed E-state index contributed by atoms with van der Waals surface area (Å²) in [6.45, 7) is 1.83. The third-order valence-corrected chi connectivity index (χ3v) is 2.57. The lowest BCUT2D eigenvalue weighted by atomic mass is 10.1. The van der Waals surface area contributed by atoms with Gasteiger partial charge in [-0.15, -0.1) is 0 Å². The molecule has 1 saturated carbocycles. The molecule has 2 rings (SSSR count). The van der Waals surface area contributed by atoms with Crippen LogP contribution in [0.25, 0.3) is 0 Å². The van der Waals surface area contributed by atoms with Gasteiger partial charge < -0.3 is 16.8 Å². The quantitative estimate of drug-likeness (QED) is 0.648. The van der Waals surface area contributed by atoms with Crippen molar-refractivity contribution in [3.63, 3.8) is 0 Å². The Labute approximate surface area is 87.9 Å². The smallest absolute Gasteiger partial charge is 0.252 e. The molecule has 1 heterocycles. The molecule has 5 nitrogen and oxygen atoms in total. The Kier molecular flexibility index (Phi) is 2.32. The maximum absolute atomic E-state index is 11.2. The summed E-state index contributed by atoms with van der Waals surface area (Å²) in [5.41, 5.74) is 12.3. The van der Waals surface area contributed by atoms with E-state index in [1.165, 1.54) is 0 Å². The number of aryl methyl sites for hydroxylation is 1. The molecule has 5 N–H and O–H groups in total. The summed E-state index contributed by atoms with van der Waals surface area (Å²) in [7, 11) is 0. The molecule has 5 heteroatoms. The van der Waals surface area contributed by atoms with Gasteiger partial charge in [-0.1, -0.05) is 0 Å². The zero-order chi connectivity index (χ0) is 11.0. The van der Waals surface area contributed by atoms with Crippen LogP contribution in [0, 0.1) is 6.92 Å². The Hall–Kier alpha value is -1.62. The van der Waals surface area contributed by atoms with Gasteiger partial charge in [-0.25, -0.2) is 4.98 Å². The van der Waals surface area contributed by atoms with Gasteiger partial charge in [0.25, 0.3) is 5.91 Å². The number of nitrogens with two attached hydrogens (primary N) is 2. The molecule has 15 heavy (non-hydrogen) atoms. The number of rotatable bonds is 3. The number of nitrogens with one attached hydrogen (secondary N) is 1. The second kappa shape index (κ2) is 3.51. The van der Waals surface area contributed by atoms with Crippen LogP contribution >= 0.6 is 0 Å². The predicted octanol–water partition coefficient (Wildman–Crippen LogP) is 0.000420. The van der Waals surface area contributed by atoms with Crippen LogP contribution in [-0.4, -0.2) is 23.0 Å². The Morgan fingerprint density at radius 2 is 2.33 bits per heavy atom. The average Bonchev–Trinajstić information content (AvgIpc) is 2.81. The van der Waals surface area contributed by atoms with E-state index in [1.807, 2.05) is 6.92 Å². The molecule has 2 unspecified atom stereocenters. The number of nitrogens with zero attached hydrogens (tertiary/aromatic N) is 1. The molecule has 0 saturated heterocycles. The molecule has 0 radical (unpaired) electrons. The largest absolute Gasteiger partial charge is 0.365 e. The van der Waals surface area contributed by atoms with Crippen LogP contribution in [0.1, 0.15) is 22.3 Å². The fraction of sp³-hybridized carbons (Fsp3) is 0.400. The van der Waals surface area contributed by atoms with Gasteiger partial charge in [0.1, 0.15) is 5.82 Å². The molecule has 0 aliphatic heterocycles. The number of amides is 1. The average molecular weight is 206 g/mol. The van der Waals surface area contributed by atoms with Crippen LogP contribution in [0.2, 0.25) is 0 Å².